The van der Waals surface area contributed by atoms with Crippen molar-refractivity contribution in [3.8, 4) is 11.5 Å². The van der Waals surface area contributed by atoms with Crippen LogP contribution in [0.2, 0.25) is 0 Å². The Labute approximate surface area is 142 Å². The number of hydrogen-bond donors (Lipinski definition) is 2. The monoisotopic (exact) mass is 351 g/mol. The molecule has 0 saturated carbocycles. The smallest absolute Gasteiger partial charge is 0.342 e. The number of halogens is 2. The molecule has 25 heavy (non-hydrogen) atoms. The zero-order valence-electron chi connectivity index (χ0n) is 13.4. The number of hydrogen-bond acceptors (Lipinski definition) is 5. The molecule has 0 unspecified atom stereocenters. The first-order valence-electron chi connectivity index (χ1n) is 7.17. The van der Waals surface area contributed by atoms with E-state index in [9.17, 15) is 23.5 Å². The highest BCUT2D eigenvalue weighted by Gasteiger charge is 2.23. The van der Waals surface area contributed by atoms with Gasteiger partial charge in [0.05, 0.1) is 7.11 Å². The molecule has 1 amide bonds. The van der Waals surface area contributed by atoms with Crippen LogP contribution in [0, 0.1) is 11.6 Å². The van der Waals surface area contributed by atoms with Gasteiger partial charge in [-0.1, -0.05) is 12.1 Å². The number of phenols is 1. The minimum absolute atomic E-state index is 0.0555. The van der Waals surface area contributed by atoms with Crippen LogP contribution in [0.1, 0.15) is 17.3 Å². The zero-order valence-corrected chi connectivity index (χ0v) is 13.4. The fraction of sp³-hybridized carbons (Fsp3) is 0.176. The molecule has 1 atom stereocenters. The third-order valence-corrected chi connectivity index (χ3v) is 3.30. The molecule has 2 aromatic rings. The summed E-state index contributed by atoms with van der Waals surface area (Å²) < 4.78 is 36.8. The van der Waals surface area contributed by atoms with Crippen molar-refractivity contribution < 1.29 is 33.0 Å². The Balaban J connectivity index is 2.10. The molecule has 2 N–H and O–H groups in total. The van der Waals surface area contributed by atoms with Crippen LogP contribution in [0.15, 0.2) is 36.4 Å². The molecule has 0 fully saturated rings. The van der Waals surface area contributed by atoms with Crippen molar-refractivity contribution in [2.75, 3.05) is 12.4 Å². The fourth-order valence-electron chi connectivity index (χ4n) is 1.97. The molecule has 0 aromatic heterocycles. The van der Waals surface area contributed by atoms with E-state index in [0.29, 0.717) is 0 Å². The molecule has 0 saturated heterocycles. The van der Waals surface area contributed by atoms with Crippen molar-refractivity contribution in [1.29, 1.82) is 0 Å². The standard InChI is InChI=1S/C17H15F2NO5/c1-9(16(22)20-14-11(18)6-4-7-12(14)19)25-17(23)10-5-3-8-13(24-2)15(10)21/h3-9,21H,1-2H3,(H,20,22)/t9-/m0/s1. The number of carbonyl (C=O) groups excluding carboxylic acids is 2. The van der Waals surface area contributed by atoms with Gasteiger partial charge >= 0.3 is 5.97 Å². The lowest BCUT2D eigenvalue weighted by Gasteiger charge is -2.15. The number of benzene rings is 2. The molecule has 2 aromatic carbocycles. The van der Waals surface area contributed by atoms with E-state index in [1.165, 1.54) is 32.2 Å². The van der Waals surface area contributed by atoms with Crippen LogP contribution in [0.4, 0.5) is 14.5 Å². The van der Waals surface area contributed by atoms with Crippen molar-refractivity contribution >= 4 is 17.6 Å². The van der Waals surface area contributed by atoms with Crippen LogP contribution in [0.25, 0.3) is 0 Å². The highest BCUT2D eigenvalue weighted by molar-refractivity contribution is 5.98. The maximum absolute atomic E-state index is 13.5. The number of anilines is 1. The lowest BCUT2D eigenvalue weighted by Crippen LogP contribution is -2.30. The number of nitrogens with one attached hydrogen (secondary N) is 1. The number of phenolic OH excluding ortho intramolecular Hbond substituents is 1. The molecule has 0 radical (unpaired) electrons. The Kier molecular flexibility index (Phi) is 5.53. The van der Waals surface area contributed by atoms with Gasteiger partial charge in [-0.15, -0.1) is 0 Å². The summed E-state index contributed by atoms with van der Waals surface area (Å²) in [5.41, 5.74) is -0.851. The average Bonchev–Trinajstić information content (AvgIpc) is 2.58. The predicted octanol–water partition coefficient (Wildman–Crippen LogP) is 2.86. The van der Waals surface area contributed by atoms with Crippen molar-refractivity contribution in [2.24, 2.45) is 0 Å². The second kappa shape index (κ2) is 7.61. The average molecular weight is 351 g/mol. The van der Waals surface area contributed by atoms with Gasteiger partial charge in [-0.3, -0.25) is 4.79 Å². The van der Waals surface area contributed by atoms with Crippen LogP contribution < -0.4 is 10.1 Å². The molecule has 0 aliphatic carbocycles. The molecule has 0 bridgehead atoms. The van der Waals surface area contributed by atoms with Crippen LogP contribution in [-0.2, 0) is 9.53 Å². The summed E-state index contributed by atoms with van der Waals surface area (Å²) in [5, 5.41) is 11.9. The minimum atomic E-state index is -1.36. The number of methoxy groups -OCH3 is 1. The van der Waals surface area contributed by atoms with Crippen LogP contribution in [-0.4, -0.2) is 30.2 Å². The van der Waals surface area contributed by atoms with E-state index in [-0.39, 0.29) is 11.3 Å². The first-order chi connectivity index (χ1) is 11.8. The Hall–Kier alpha value is -3.16. The number of aromatic hydroxyl groups is 1. The highest BCUT2D eigenvalue weighted by atomic mass is 19.1. The first kappa shape index (κ1) is 18.2. The summed E-state index contributed by atoms with van der Waals surface area (Å²) in [5.74, 6) is -4.23. The van der Waals surface area contributed by atoms with Gasteiger partial charge in [0.25, 0.3) is 5.91 Å². The van der Waals surface area contributed by atoms with E-state index in [2.05, 4.69) is 0 Å². The van der Waals surface area contributed by atoms with Crippen LogP contribution in [0.3, 0.4) is 0 Å². The van der Waals surface area contributed by atoms with Crippen molar-refractivity contribution in [3.63, 3.8) is 0 Å². The lowest BCUT2D eigenvalue weighted by molar-refractivity contribution is -0.123. The zero-order chi connectivity index (χ0) is 18.6. The number of esters is 1. The summed E-state index contributed by atoms with van der Waals surface area (Å²) in [4.78, 5) is 24.1. The van der Waals surface area contributed by atoms with E-state index in [1.807, 2.05) is 5.32 Å². The third kappa shape index (κ3) is 4.03. The Bertz CT molecular complexity index is 789. The molecule has 132 valence electrons. The number of para-hydroxylation sites is 2. The van der Waals surface area contributed by atoms with Gasteiger partial charge in [-0.25, -0.2) is 13.6 Å². The molecule has 0 spiro atoms. The fourth-order valence-corrected chi connectivity index (χ4v) is 1.97. The van der Waals surface area contributed by atoms with Crippen molar-refractivity contribution in [3.05, 3.63) is 53.6 Å². The van der Waals surface area contributed by atoms with Crippen LogP contribution in [0.5, 0.6) is 11.5 Å². The van der Waals surface area contributed by atoms with E-state index in [1.54, 1.807) is 0 Å². The molecular weight excluding hydrogens is 336 g/mol. The number of amides is 1. The Morgan fingerprint density at radius 3 is 2.32 bits per heavy atom. The molecular formula is C17H15F2NO5. The number of carbonyl (C=O) groups is 2. The summed E-state index contributed by atoms with van der Waals surface area (Å²) in [6.45, 7) is 1.23. The van der Waals surface area contributed by atoms with Gasteiger partial charge in [0.2, 0.25) is 0 Å². The molecule has 0 aliphatic heterocycles. The molecule has 8 heteroatoms. The Morgan fingerprint density at radius 2 is 1.72 bits per heavy atom. The molecule has 2 rings (SSSR count). The number of ether oxygens (including phenoxy) is 2. The van der Waals surface area contributed by atoms with Gasteiger partial charge in [-0.2, -0.15) is 0 Å². The van der Waals surface area contributed by atoms with Gasteiger partial charge in [-0.05, 0) is 31.2 Å². The normalized spacial score (nSPS) is 11.5. The van der Waals surface area contributed by atoms with Crippen molar-refractivity contribution in [2.45, 2.75) is 13.0 Å². The van der Waals surface area contributed by atoms with E-state index < -0.39 is 41.1 Å². The summed E-state index contributed by atoms with van der Waals surface area (Å²) in [6, 6.07) is 7.27. The van der Waals surface area contributed by atoms with Crippen LogP contribution >= 0.6 is 0 Å². The second-order valence-electron chi connectivity index (χ2n) is 4.99. The van der Waals surface area contributed by atoms with E-state index >= 15 is 0 Å². The summed E-state index contributed by atoms with van der Waals surface area (Å²) in [7, 11) is 1.31. The predicted molar refractivity (Wildman–Crippen MR) is 84.5 cm³/mol. The molecule has 0 heterocycles. The highest BCUT2D eigenvalue weighted by Crippen LogP contribution is 2.30. The first-order valence-corrected chi connectivity index (χ1v) is 7.17. The minimum Gasteiger partial charge on any atom is -0.504 e. The van der Waals surface area contributed by atoms with E-state index in [0.717, 1.165) is 18.2 Å². The Morgan fingerprint density at radius 1 is 1.12 bits per heavy atom. The maximum atomic E-state index is 13.5. The second-order valence-corrected chi connectivity index (χ2v) is 4.99. The maximum Gasteiger partial charge on any atom is 0.342 e. The quantitative estimate of drug-likeness (QED) is 0.809. The van der Waals surface area contributed by atoms with Gasteiger partial charge < -0.3 is 19.9 Å². The SMILES string of the molecule is COc1cccc(C(=O)O[C@@H](C)C(=O)Nc2c(F)cccc2F)c1O. The van der Waals surface area contributed by atoms with Gasteiger partial charge in [0.1, 0.15) is 22.9 Å². The third-order valence-electron chi connectivity index (χ3n) is 3.30. The topological polar surface area (TPSA) is 84.9 Å². The lowest BCUT2D eigenvalue weighted by atomic mass is 10.2. The van der Waals surface area contributed by atoms with Gasteiger partial charge in [0, 0.05) is 0 Å². The summed E-state index contributed by atoms with van der Waals surface area (Å²) >= 11 is 0. The summed E-state index contributed by atoms with van der Waals surface area (Å²) in [6.07, 6.45) is -1.36. The van der Waals surface area contributed by atoms with Gasteiger partial charge in [0.15, 0.2) is 17.6 Å². The molecule has 6 nitrogen and oxygen atoms in total. The van der Waals surface area contributed by atoms with E-state index in [4.69, 9.17) is 9.47 Å². The molecule has 0 aliphatic rings. The largest absolute Gasteiger partial charge is 0.504 e. The van der Waals surface area contributed by atoms with Crippen molar-refractivity contribution in [1.82, 2.24) is 0 Å². The number of rotatable bonds is 5.